The smallest absolute Gasteiger partial charge is 0.251 e. The molecule has 140 valence electrons. The fourth-order valence-electron chi connectivity index (χ4n) is 2.90. The second kappa shape index (κ2) is 8.29. The number of nitrogens with zero attached hydrogens (tertiary/aromatic N) is 2. The number of pyridine rings is 1. The van der Waals surface area contributed by atoms with Gasteiger partial charge in [-0.05, 0) is 32.4 Å². The van der Waals surface area contributed by atoms with Crippen molar-refractivity contribution in [3.05, 3.63) is 40.9 Å². The van der Waals surface area contributed by atoms with Gasteiger partial charge < -0.3 is 24.6 Å². The minimum absolute atomic E-state index is 0.122. The van der Waals surface area contributed by atoms with Gasteiger partial charge in [0.2, 0.25) is 0 Å². The molecule has 1 saturated heterocycles. The largest absolute Gasteiger partial charge is 0.379 e. The quantitative estimate of drug-likeness (QED) is 0.811. The number of hydrogen-bond donors (Lipinski definition) is 2. The number of carbonyl (C=O) groups is 1. The van der Waals surface area contributed by atoms with E-state index in [1.165, 1.54) is 0 Å². The molecule has 1 fully saturated rings. The standard InChI is InChI=1S/C18H24N4O4/c1-11-14(12(2)26-22-11)9-25-16-10-24-7-5-15(16)21-18(23)13-4-6-20-17(8-13)19-3/h4,6,8,15-16H,5,7,9-10H2,1-3H3,(H,19,20)(H,21,23)/t15-,16-/m1/s1. The maximum atomic E-state index is 12.6. The first-order valence-electron chi connectivity index (χ1n) is 8.64. The van der Waals surface area contributed by atoms with E-state index < -0.39 is 0 Å². The highest BCUT2D eigenvalue weighted by Crippen LogP contribution is 2.18. The molecule has 1 amide bonds. The van der Waals surface area contributed by atoms with Crippen LogP contribution in [0.5, 0.6) is 0 Å². The van der Waals surface area contributed by atoms with Crippen molar-refractivity contribution >= 4 is 11.7 Å². The molecule has 0 aliphatic carbocycles. The number of carbonyl (C=O) groups excluding carboxylic acids is 1. The van der Waals surface area contributed by atoms with Gasteiger partial charge in [0.15, 0.2) is 0 Å². The van der Waals surface area contributed by atoms with Crippen LogP contribution in [0.3, 0.4) is 0 Å². The normalized spacial score (nSPS) is 20.0. The number of hydrogen-bond acceptors (Lipinski definition) is 7. The SMILES string of the molecule is CNc1cc(C(=O)N[C@@H]2CCOC[C@H]2OCc2c(C)noc2C)ccn1. The van der Waals surface area contributed by atoms with Crippen LogP contribution in [0.2, 0.25) is 0 Å². The second-order valence-corrected chi connectivity index (χ2v) is 6.28. The Bertz CT molecular complexity index is 742. The van der Waals surface area contributed by atoms with Crippen LogP contribution in [0.15, 0.2) is 22.9 Å². The monoisotopic (exact) mass is 360 g/mol. The molecule has 0 spiro atoms. The Morgan fingerprint density at radius 3 is 3.00 bits per heavy atom. The molecule has 3 rings (SSSR count). The molecule has 3 heterocycles. The molecule has 26 heavy (non-hydrogen) atoms. The Morgan fingerprint density at radius 1 is 1.42 bits per heavy atom. The molecule has 2 aromatic heterocycles. The van der Waals surface area contributed by atoms with E-state index in [2.05, 4.69) is 20.8 Å². The molecule has 0 bridgehead atoms. The zero-order chi connectivity index (χ0) is 18.5. The van der Waals surface area contributed by atoms with Gasteiger partial charge in [-0.25, -0.2) is 4.98 Å². The summed E-state index contributed by atoms with van der Waals surface area (Å²) in [6.07, 6.45) is 2.07. The van der Waals surface area contributed by atoms with Crippen molar-refractivity contribution in [1.29, 1.82) is 0 Å². The zero-order valence-corrected chi connectivity index (χ0v) is 15.2. The average molecular weight is 360 g/mol. The molecule has 2 aromatic rings. The number of ether oxygens (including phenoxy) is 2. The van der Waals surface area contributed by atoms with Crippen molar-refractivity contribution in [2.75, 3.05) is 25.6 Å². The number of rotatable bonds is 6. The maximum absolute atomic E-state index is 12.6. The summed E-state index contributed by atoms with van der Waals surface area (Å²) < 4.78 is 16.7. The highest BCUT2D eigenvalue weighted by molar-refractivity contribution is 5.95. The second-order valence-electron chi connectivity index (χ2n) is 6.28. The van der Waals surface area contributed by atoms with Gasteiger partial charge in [0.05, 0.1) is 24.9 Å². The molecular formula is C18H24N4O4. The Morgan fingerprint density at radius 2 is 2.27 bits per heavy atom. The van der Waals surface area contributed by atoms with Crippen LogP contribution in [-0.2, 0) is 16.1 Å². The molecule has 2 N–H and O–H groups in total. The third-order valence-corrected chi connectivity index (χ3v) is 4.52. The van der Waals surface area contributed by atoms with Crippen LogP contribution in [0.1, 0.15) is 33.8 Å². The van der Waals surface area contributed by atoms with Crippen LogP contribution in [0.25, 0.3) is 0 Å². The lowest BCUT2D eigenvalue weighted by Crippen LogP contribution is -2.50. The fraction of sp³-hybridized carbons (Fsp3) is 0.500. The number of aromatic nitrogens is 2. The van der Waals surface area contributed by atoms with Crippen LogP contribution < -0.4 is 10.6 Å². The third kappa shape index (κ3) is 4.20. The predicted molar refractivity (Wildman–Crippen MR) is 95.0 cm³/mol. The molecule has 0 radical (unpaired) electrons. The predicted octanol–water partition coefficient (Wildman–Crippen LogP) is 1.83. The Kier molecular flexibility index (Phi) is 5.85. The van der Waals surface area contributed by atoms with E-state index in [9.17, 15) is 4.79 Å². The fourth-order valence-corrected chi connectivity index (χ4v) is 2.90. The van der Waals surface area contributed by atoms with Gasteiger partial charge >= 0.3 is 0 Å². The minimum atomic E-state index is -0.230. The van der Waals surface area contributed by atoms with Gasteiger partial charge in [0.1, 0.15) is 17.7 Å². The van der Waals surface area contributed by atoms with E-state index >= 15 is 0 Å². The highest BCUT2D eigenvalue weighted by atomic mass is 16.5. The van der Waals surface area contributed by atoms with Gasteiger partial charge in [0, 0.05) is 31.0 Å². The minimum Gasteiger partial charge on any atom is -0.379 e. The van der Waals surface area contributed by atoms with E-state index in [4.69, 9.17) is 14.0 Å². The summed E-state index contributed by atoms with van der Waals surface area (Å²) >= 11 is 0. The third-order valence-electron chi connectivity index (χ3n) is 4.52. The molecule has 0 aromatic carbocycles. The van der Waals surface area contributed by atoms with Gasteiger partial charge in [-0.15, -0.1) is 0 Å². The van der Waals surface area contributed by atoms with Crippen LogP contribution >= 0.6 is 0 Å². The summed E-state index contributed by atoms with van der Waals surface area (Å²) in [5.74, 6) is 1.24. The first-order valence-corrected chi connectivity index (χ1v) is 8.64. The molecule has 2 atom stereocenters. The van der Waals surface area contributed by atoms with Crippen molar-refractivity contribution in [2.24, 2.45) is 0 Å². The number of anilines is 1. The molecule has 0 unspecified atom stereocenters. The average Bonchev–Trinajstić information content (AvgIpc) is 2.99. The topological polar surface area (TPSA) is 98.5 Å². The molecule has 1 aliphatic heterocycles. The van der Waals surface area contributed by atoms with Crippen molar-refractivity contribution in [3.8, 4) is 0 Å². The Labute approximate surface area is 152 Å². The lowest BCUT2D eigenvalue weighted by molar-refractivity contribution is -0.0739. The van der Waals surface area contributed by atoms with Crippen LogP contribution in [-0.4, -0.2) is 48.5 Å². The first kappa shape index (κ1) is 18.3. The summed E-state index contributed by atoms with van der Waals surface area (Å²) in [7, 11) is 1.76. The van der Waals surface area contributed by atoms with Gasteiger partial charge in [-0.1, -0.05) is 5.16 Å². The van der Waals surface area contributed by atoms with Gasteiger partial charge in [0.25, 0.3) is 5.91 Å². The summed E-state index contributed by atoms with van der Waals surface area (Å²) in [5.41, 5.74) is 2.31. The van der Waals surface area contributed by atoms with Crippen LogP contribution in [0, 0.1) is 13.8 Å². The Hall–Kier alpha value is -2.45. The summed E-state index contributed by atoms with van der Waals surface area (Å²) in [5, 5.41) is 9.92. The number of aryl methyl sites for hydroxylation is 2. The van der Waals surface area contributed by atoms with Crippen molar-refractivity contribution in [1.82, 2.24) is 15.5 Å². The van der Waals surface area contributed by atoms with E-state index in [0.29, 0.717) is 37.6 Å². The summed E-state index contributed by atoms with van der Waals surface area (Å²) in [6, 6.07) is 3.28. The van der Waals surface area contributed by atoms with Gasteiger partial charge in [-0.2, -0.15) is 0 Å². The lowest BCUT2D eigenvalue weighted by atomic mass is 10.1. The lowest BCUT2D eigenvalue weighted by Gasteiger charge is -2.32. The zero-order valence-electron chi connectivity index (χ0n) is 15.2. The van der Waals surface area contributed by atoms with Gasteiger partial charge in [-0.3, -0.25) is 4.79 Å². The van der Waals surface area contributed by atoms with E-state index in [1.54, 1.807) is 25.4 Å². The van der Waals surface area contributed by atoms with E-state index in [1.807, 2.05) is 13.8 Å². The highest BCUT2D eigenvalue weighted by Gasteiger charge is 2.29. The number of amides is 1. The van der Waals surface area contributed by atoms with E-state index in [0.717, 1.165) is 17.0 Å². The van der Waals surface area contributed by atoms with Crippen molar-refractivity contribution in [3.63, 3.8) is 0 Å². The number of nitrogens with one attached hydrogen (secondary N) is 2. The van der Waals surface area contributed by atoms with E-state index in [-0.39, 0.29) is 18.1 Å². The molecule has 8 heteroatoms. The molecule has 8 nitrogen and oxygen atoms in total. The molecule has 1 aliphatic rings. The summed E-state index contributed by atoms with van der Waals surface area (Å²) in [4.78, 5) is 16.7. The van der Waals surface area contributed by atoms with Crippen molar-refractivity contribution in [2.45, 2.75) is 39.0 Å². The molecular weight excluding hydrogens is 336 g/mol. The maximum Gasteiger partial charge on any atom is 0.251 e. The summed E-state index contributed by atoms with van der Waals surface area (Å²) in [6.45, 7) is 5.15. The van der Waals surface area contributed by atoms with Crippen molar-refractivity contribution < 1.29 is 18.8 Å². The first-order chi connectivity index (χ1) is 12.6. The molecule has 0 saturated carbocycles. The van der Waals surface area contributed by atoms with Crippen LogP contribution in [0.4, 0.5) is 5.82 Å². The Balaban J connectivity index is 1.64.